The van der Waals surface area contributed by atoms with Crippen molar-refractivity contribution in [3.05, 3.63) is 59.9 Å². The topological polar surface area (TPSA) is 87.7 Å². The highest BCUT2D eigenvalue weighted by Gasteiger charge is 2.12. The van der Waals surface area contributed by atoms with Gasteiger partial charge in [-0.05, 0) is 55.9 Å². The summed E-state index contributed by atoms with van der Waals surface area (Å²) in [5.74, 6) is -1.53. The predicted molar refractivity (Wildman–Crippen MR) is 108 cm³/mol. The third-order valence-electron chi connectivity index (χ3n) is 3.78. The standard InChI is InChI=1S/C21H24FN3O4/c1-3-11-29-21(28)15-7-9-17(10-8-15)23-19(26)13-25(2)14-20(27)24-18-6-4-5-16(22)12-18/h4-10,12H,3,11,13-14H2,1-2H3,(H,23,26)(H,24,27). The molecule has 2 N–H and O–H groups in total. The van der Waals surface area contributed by atoms with Crippen LogP contribution in [-0.2, 0) is 14.3 Å². The Morgan fingerprint density at radius 1 is 0.966 bits per heavy atom. The molecular weight excluding hydrogens is 377 g/mol. The monoisotopic (exact) mass is 401 g/mol. The van der Waals surface area contributed by atoms with E-state index >= 15 is 0 Å². The zero-order chi connectivity index (χ0) is 21.2. The van der Waals surface area contributed by atoms with Crippen molar-refractivity contribution in [2.45, 2.75) is 13.3 Å². The fourth-order valence-electron chi connectivity index (χ4n) is 2.48. The summed E-state index contributed by atoms with van der Waals surface area (Å²) in [4.78, 5) is 37.4. The van der Waals surface area contributed by atoms with Gasteiger partial charge in [0.05, 0.1) is 25.3 Å². The molecule has 0 atom stereocenters. The molecule has 0 unspecified atom stereocenters. The van der Waals surface area contributed by atoms with Crippen LogP contribution >= 0.6 is 0 Å². The van der Waals surface area contributed by atoms with Gasteiger partial charge in [0.1, 0.15) is 5.82 Å². The fourth-order valence-corrected chi connectivity index (χ4v) is 2.48. The summed E-state index contributed by atoms with van der Waals surface area (Å²) in [7, 11) is 1.62. The van der Waals surface area contributed by atoms with Crippen LogP contribution in [0.25, 0.3) is 0 Å². The second kappa shape index (κ2) is 10.9. The molecule has 154 valence electrons. The Hall–Kier alpha value is -3.26. The highest BCUT2D eigenvalue weighted by Crippen LogP contribution is 2.11. The minimum absolute atomic E-state index is 0.0170. The number of benzene rings is 2. The lowest BCUT2D eigenvalue weighted by atomic mass is 10.2. The van der Waals surface area contributed by atoms with E-state index in [1.807, 2.05) is 6.92 Å². The zero-order valence-corrected chi connectivity index (χ0v) is 16.4. The summed E-state index contributed by atoms with van der Waals surface area (Å²) in [6, 6.07) is 11.9. The first-order chi connectivity index (χ1) is 13.9. The first kappa shape index (κ1) is 22.0. The van der Waals surface area contributed by atoms with Gasteiger partial charge in [0.15, 0.2) is 0 Å². The molecule has 8 heteroatoms. The number of esters is 1. The summed E-state index contributed by atoms with van der Waals surface area (Å²) >= 11 is 0. The molecule has 0 aliphatic rings. The van der Waals surface area contributed by atoms with Gasteiger partial charge in [-0.1, -0.05) is 13.0 Å². The van der Waals surface area contributed by atoms with Crippen LogP contribution < -0.4 is 10.6 Å². The lowest BCUT2D eigenvalue weighted by Gasteiger charge is -2.16. The second-order valence-corrected chi connectivity index (χ2v) is 6.49. The van der Waals surface area contributed by atoms with Gasteiger partial charge in [-0.2, -0.15) is 0 Å². The van der Waals surface area contributed by atoms with Crippen molar-refractivity contribution in [1.29, 1.82) is 0 Å². The van der Waals surface area contributed by atoms with Gasteiger partial charge >= 0.3 is 5.97 Å². The smallest absolute Gasteiger partial charge is 0.338 e. The van der Waals surface area contributed by atoms with Gasteiger partial charge in [0.2, 0.25) is 11.8 Å². The van der Waals surface area contributed by atoms with E-state index in [2.05, 4.69) is 10.6 Å². The molecule has 0 aliphatic carbocycles. The number of halogens is 1. The number of nitrogens with zero attached hydrogens (tertiary/aromatic N) is 1. The van der Waals surface area contributed by atoms with Crippen molar-refractivity contribution in [3.63, 3.8) is 0 Å². The third-order valence-corrected chi connectivity index (χ3v) is 3.78. The normalized spacial score (nSPS) is 10.5. The molecule has 0 fully saturated rings. The Morgan fingerprint density at radius 2 is 1.59 bits per heavy atom. The highest BCUT2D eigenvalue weighted by molar-refractivity contribution is 5.95. The second-order valence-electron chi connectivity index (χ2n) is 6.49. The average Bonchev–Trinajstić information content (AvgIpc) is 2.66. The van der Waals surface area contributed by atoms with Crippen LogP contribution in [0.4, 0.5) is 15.8 Å². The van der Waals surface area contributed by atoms with Crippen molar-refractivity contribution in [2.24, 2.45) is 0 Å². The van der Waals surface area contributed by atoms with Gasteiger partial charge in [0, 0.05) is 11.4 Å². The van der Waals surface area contributed by atoms with Crippen LogP contribution in [0.5, 0.6) is 0 Å². The first-order valence-electron chi connectivity index (χ1n) is 9.18. The number of rotatable bonds is 9. The summed E-state index contributed by atoms with van der Waals surface area (Å²) < 4.78 is 18.2. The molecule has 29 heavy (non-hydrogen) atoms. The molecule has 0 radical (unpaired) electrons. The maximum Gasteiger partial charge on any atom is 0.338 e. The van der Waals surface area contributed by atoms with Gasteiger partial charge in [-0.3, -0.25) is 14.5 Å². The molecule has 0 bridgehead atoms. The van der Waals surface area contributed by atoms with E-state index < -0.39 is 11.8 Å². The minimum Gasteiger partial charge on any atom is -0.462 e. The predicted octanol–water partition coefficient (Wildman–Crippen LogP) is 2.90. The fraction of sp³-hybridized carbons (Fsp3) is 0.286. The number of nitrogens with one attached hydrogen (secondary N) is 2. The summed E-state index contributed by atoms with van der Waals surface area (Å²) in [6.45, 7) is 2.22. The molecule has 2 aromatic rings. The van der Waals surface area contributed by atoms with E-state index in [0.717, 1.165) is 6.42 Å². The van der Waals surface area contributed by atoms with Crippen molar-refractivity contribution in [1.82, 2.24) is 4.90 Å². The summed E-state index contributed by atoms with van der Waals surface area (Å²) in [6.07, 6.45) is 0.744. The third kappa shape index (κ3) is 7.71. The molecule has 0 heterocycles. The van der Waals surface area contributed by atoms with Crippen molar-refractivity contribution < 1.29 is 23.5 Å². The quantitative estimate of drug-likeness (QED) is 0.631. The van der Waals surface area contributed by atoms with E-state index in [0.29, 0.717) is 23.5 Å². The van der Waals surface area contributed by atoms with E-state index in [1.54, 1.807) is 37.4 Å². The summed E-state index contributed by atoms with van der Waals surface area (Å²) in [5.41, 5.74) is 1.28. The van der Waals surface area contributed by atoms with Crippen LogP contribution in [0.15, 0.2) is 48.5 Å². The number of hydrogen-bond acceptors (Lipinski definition) is 5. The highest BCUT2D eigenvalue weighted by atomic mass is 19.1. The SMILES string of the molecule is CCCOC(=O)c1ccc(NC(=O)CN(C)CC(=O)Nc2cccc(F)c2)cc1. The minimum atomic E-state index is -0.444. The molecule has 0 saturated heterocycles. The van der Waals surface area contributed by atoms with Crippen molar-refractivity contribution in [3.8, 4) is 0 Å². The molecule has 2 aromatic carbocycles. The lowest BCUT2D eigenvalue weighted by molar-refractivity contribution is -0.119. The van der Waals surface area contributed by atoms with E-state index in [1.165, 1.54) is 23.1 Å². The maximum absolute atomic E-state index is 13.1. The molecule has 0 saturated carbocycles. The van der Waals surface area contributed by atoms with Gasteiger partial charge < -0.3 is 15.4 Å². The number of ether oxygens (including phenoxy) is 1. The lowest BCUT2D eigenvalue weighted by Crippen LogP contribution is -2.36. The zero-order valence-electron chi connectivity index (χ0n) is 16.4. The van der Waals surface area contributed by atoms with Crippen molar-refractivity contribution in [2.75, 3.05) is 37.4 Å². The first-order valence-corrected chi connectivity index (χ1v) is 9.18. The Balaban J connectivity index is 1.79. The van der Waals surface area contributed by atoms with Crippen LogP contribution in [-0.4, -0.2) is 49.4 Å². The average molecular weight is 401 g/mol. The number of carbonyl (C=O) groups excluding carboxylic acids is 3. The van der Waals surface area contributed by atoms with Gasteiger partial charge in [-0.15, -0.1) is 0 Å². The van der Waals surface area contributed by atoms with Crippen LogP contribution in [0.1, 0.15) is 23.7 Å². The molecule has 7 nitrogen and oxygen atoms in total. The van der Waals surface area contributed by atoms with Crippen molar-refractivity contribution >= 4 is 29.2 Å². The number of hydrogen-bond donors (Lipinski definition) is 2. The van der Waals surface area contributed by atoms with E-state index in [-0.39, 0.29) is 24.9 Å². The molecule has 2 rings (SSSR count). The van der Waals surface area contributed by atoms with E-state index in [4.69, 9.17) is 4.74 Å². The molecule has 0 aliphatic heterocycles. The molecule has 0 aromatic heterocycles. The van der Waals surface area contributed by atoms with Crippen LogP contribution in [0, 0.1) is 5.82 Å². The number of anilines is 2. The van der Waals surface area contributed by atoms with Crippen LogP contribution in [0.3, 0.4) is 0 Å². The Kier molecular flexibility index (Phi) is 8.29. The van der Waals surface area contributed by atoms with Gasteiger partial charge in [0.25, 0.3) is 0 Å². The Labute approximate surface area is 168 Å². The summed E-state index contributed by atoms with van der Waals surface area (Å²) in [5, 5.41) is 5.27. The maximum atomic E-state index is 13.1. The molecule has 2 amide bonds. The largest absolute Gasteiger partial charge is 0.462 e. The Bertz CT molecular complexity index is 855. The Morgan fingerprint density at radius 3 is 2.17 bits per heavy atom. The van der Waals surface area contributed by atoms with E-state index in [9.17, 15) is 18.8 Å². The van der Waals surface area contributed by atoms with Crippen LogP contribution in [0.2, 0.25) is 0 Å². The molecule has 0 spiro atoms. The van der Waals surface area contributed by atoms with Gasteiger partial charge in [-0.25, -0.2) is 9.18 Å². The number of carbonyl (C=O) groups is 3. The number of likely N-dealkylation sites (N-methyl/N-ethyl adjacent to an activating group) is 1. The number of amides is 2. The molecular formula is C21H24FN3O4.